The third-order valence-electron chi connectivity index (χ3n) is 2.34. The lowest BCUT2D eigenvalue weighted by Gasteiger charge is -2.08. The molecule has 0 aliphatic rings. The van der Waals surface area contributed by atoms with Crippen LogP contribution in [0.2, 0.25) is 0 Å². The summed E-state index contributed by atoms with van der Waals surface area (Å²) in [6.07, 6.45) is 7.43. The molecule has 0 aromatic carbocycles. The molecule has 0 bridgehead atoms. The number of hydrogen-bond donors (Lipinski definition) is 1. The first-order valence-electron chi connectivity index (χ1n) is 5.19. The summed E-state index contributed by atoms with van der Waals surface area (Å²) >= 11 is 0. The van der Waals surface area contributed by atoms with Crippen molar-refractivity contribution in [2.24, 2.45) is 11.7 Å². The molecule has 0 aliphatic carbocycles. The maximum atomic E-state index is 5.82. The van der Waals surface area contributed by atoms with Crippen LogP contribution in [0.5, 0.6) is 0 Å². The summed E-state index contributed by atoms with van der Waals surface area (Å²) in [4.78, 5) is 0. The lowest BCUT2D eigenvalue weighted by Crippen LogP contribution is -2.17. The minimum Gasteiger partial charge on any atom is -0.328 e. The van der Waals surface area contributed by atoms with Crippen molar-refractivity contribution in [3.8, 4) is 0 Å². The van der Waals surface area contributed by atoms with E-state index in [1.54, 1.807) is 0 Å². The number of nitrogens with two attached hydrogens (primary N) is 1. The van der Waals surface area contributed by atoms with Gasteiger partial charge >= 0.3 is 0 Å². The molecule has 0 fully saturated rings. The molecule has 13 heavy (non-hydrogen) atoms. The maximum Gasteiger partial charge on any atom is 0.00391 e. The molecule has 0 radical (unpaired) electrons. The first-order valence-corrected chi connectivity index (χ1v) is 5.19. The van der Waals surface area contributed by atoms with Crippen LogP contribution in [0, 0.1) is 5.92 Å². The topological polar surface area (TPSA) is 26.0 Å². The van der Waals surface area contributed by atoms with Crippen molar-refractivity contribution in [1.29, 1.82) is 0 Å². The van der Waals surface area contributed by atoms with E-state index in [1.165, 1.54) is 5.57 Å². The molecule has 0 amide bonds. The number of allylic oxidation sites excluding steroid dienone is 3. The summed E-state index contributed by atoms with van der Waals surface area (Å²) in [6.45, 7) is 10.3. The van der Waals surface area contributed by atoms with Gasteiger partial charge in [0.15, 0.2) is 0 Å². The van der Waals surface area contributed by atoms with Crippen molar-refractivity contribution in [2.75, 3.05) is 0 Å². The molecule has 0 rings (SSSR count). The van der Waals surface area contributed by atoms with Gasteiger partial charge in [0.2, 0.25) is 0 Å². The van der Waals surface area contributed by atoms with Gasteiger partial charge in [0.1, 0.15) is 0 Å². The van der Waals surface area contributed by atoms with Gasteiger partial charge in [0.05, 0.1) is 0 Å². The van der Waals surface area contributed by atoms with Gasteiger partial charge in [-0.2, -0.15) is 0 Å². The van der Waals surface area contributed by atoms with Gasteiger partial charge in [-0.3, -0.25) is 0 Å². The van der Waals surface area contributed by atoms with Crippen LogP contribution in [0.25, 0.3) is 0 Å². The van der Waals surface area contributed by atoms with Crippen LogP contribution < -0.4 is 5.73 Å². The van der Waals surface area contributed by atoms with Crippen molar-refractivity contribution >= 4 is 0 Å². The molecule has 0 saturated heterocycles. The molecule has 1 nitrogen and oxygen atoms in total. The quantitative estimate of drug-likeness (QED) is 0.625. The summed E-state index contributed by atoms with van der Waals surface area (Å²) in [6, 6.07) is 0.356. The normalized spacial score (nSPS) is 14.7. The Morgan fingerprint density at radius 1 is 1.46 bits per heavy atom. The molecule has 0 saturated carbocycles. The second-order valence-electron chi connectivity index (χ2n) is 3.81. The summed E-state index contributed by atoms with van der Waals surface area (Å²) < 4.78 is 0. The molecule has 76 valence electrons. The van der Waals surface area contributed by atoms with E-state index in [0.29, 0.717) is 12.0 Å². The van der Waals surface area contributed by atoms with E-state index >= 15 is 0 Å². The number of hydrogen-bond acceptors (Lipinski definition) is 1. The lowest BCUT2D eigenvalue weighted by atomic mass is 10.0. The molecule has 1 atom stereocenters. The minimum atomic E-state index is 0.356. The Bertz CT molecular complexity index is 168. The summed E-state index contributed by atoms with van der Waals surface area (Å²) in [5.41, 5.74) is 7.16. The molecule has 0 aromatic heterocycles. The van der Waals surface area contributed by atoms with Crippen molar-refractivity contribution in [3.05, 3.63) is 24.3 Å². The van der Waals surface area contributed by atoms with Crippen LogP contribution in [-0.2, 0) is 0 Å². The molecule has 0 spiro atoms. The van der Waals surface area contributed by atoms with Gasteiger partial charge in [-0.25, -0.2) is 0 Å². The fraction of sp³-hybridized carbons (Fsp3) is 0.667. The predicted molar refractivity (Wildman–Crippen MR) is 60.6 cm³/mol. The van der Waals surface area contributed by atoms with Gasteiger partial charge in [-0.05, 0) is 25.2 Å². The van der Waals surface area contributed by atoms with Crippen molar-refractivity contribution in [2.45, 2.75) is 46.1 Å². The molecular formula is C12H23N. The van der Waals surface area contributed by atoms with E-state index in [2.05, 4.69) is 33.4 Å². The average Bonchev–Trinajstić information content (AvgIpc) is 2.11. The van der Waals surface area contributed by atoms with Crippen LogP contribution >= 0.6 is 0 Å². The fourth-order valence-electron chi connectivity index (χ4n) is 1.22. The molecule has 2 N–H and O–H groups in total. The zero-order valence-electron chi connectivity index (χ0n) is 9.22. The van der Waals surface area contributed by atoms with Crippen LogP contribution in [0.15, 0.2) is 24.3 Å². The zero-order chi connectivity index (χ0) is 10.3. The van der Waals surface area contributed by atoms with Gasteiger partial charge in [0.25, 0.3) is 0 Å². The van der Waals surface area contributed by atoms with Crippen LogP contribution in [0.1, 0.15) is 40.0 Å². The zero-order valence-corrected chi connectivity index (χ0v) is 9.22. The predicted octanol–water partition coefficient (Wildman–Crippen LogP) is 3.27. The minimum absolute atomic E-state index is 0.356. The highest BCUT2D eigenvalue weighted by Crippen LogP contribution is 2.12. The first kappa shape index (κ1) is 12.4. The van der Waals surface area contributed by atoms with Gasteiger partial charge < -0.3 is 5.73 Å². The highest BCUT2D eigenvalue weighted by atomic mass is 14.6. The smallest absolute Gasteiger partial charge is 0.00391 e. The van der Waals surface area contributed by atoms with E-state index < -0.39 is 0 Å². The van der Waals surface area contributed by atoms with Crippen molar-refractivity contribution in [3.63, 3.8) is 0 Å². The van der Waals surface area contributed by atoms with Crippen LogP contribution in [0.3, 0.4) is 0 Å². The van der Waals surface area contributed by atoms with Crippen molar-refractivity contribution in [1.82, 2.24) is 0 Å². The molecular weight excluding hydrogens is 158 g/mol. The third-order valence-corrected chi connectivity index (χ3v) is 2.34. The van der Waals surface area contributed by atoms with Crippen LogP contribution in [0.4, 0.5) is 0 Å². The Hall–Kier alpha value is -0.560. The van der Waals surface area contributed by atoms with Crippen LogP contribution in [-0.4, -0.2) is 6.04 Å². The maximum absolute atomic E-state index is 5.82. The van der Waals surface area contributed by atoms with E-state index in [1.807, 2.05) is 6.08 Å². The van der Waals surface area contributed by atoms with Gasteiger partial charge in [0, 0.05) is 6.04 Å². The standard InChI is InChI=1S/C12H23N/c1-5-11(10(3)4)8-7-9-12(13)6-2/h5,8,10,12H,1,6-7,9,13H2,2-4H3/b11-8+. The Kier molecular flexibility index (Phi) is 6.61. The summed E-state index contributed by atoms with van der Waals surface area (Å²) in [5.74, 6) is 0.579. The second-order valence-corrected chi connectivity index (χ2v) is 3.81. The lowest BCUT2D eigenvalue weighted by molar-refractivity contribution is 0.600. The monoisotopic (exact) mass is 181 g/mol. The SMILES string of the molecule is C=C/C(=C\CCC(N)CC)C(C)C. The Morgan fingerprint density at radius 2 is 2.08 bits per heavy atom. The highest BCUT2D eigenvalue weighted by molar-refractivity contribution is 5.17. The van der Waals surface area contributed by atoms with Gasteiger partial charge in [-0.15, -0.1) is 0 Å². The first-order chi connectivity index (χ1) is 6.11. The molecule has 1 heteroatoms. The third kappa shape index (κ3) is 5.64. The van der Waals surface area contributed by atoms with E-state index in [-0.39, 0.29) is 0 Å². The fourth-order valence-corrected chi connectivity index (χ4v) is 1.22. The van der Waals surface area contributed by atoms with E-state index in [4.69, 9.17) is 5.73 Å². The number of rotatable bonds is 6. The van der Waals surface area contributed by atoms with E-state index in [9.17, 15) is 0 Å². The average molecular weight is 181 g/mol. The molecule has 0 aromatic rings. The summed E-state index contributed by atoms with van der Waals surface area (Å²) in [7, 11) is 0. The largest absolute Gasteiger partial charge is 0.328 e. The second kappa shape index (κ2) is 6.90. The Labute approximate surface area is 82.7 Å². The van der Waals surface area contributed by atoms with Crippen molar-refractivity contribution < 1.29 is 0 Å². The molecule has 1 unspecified atom stereocenters. The van der Waals surface area contributed by atoms with E-state index in [0.717, 1.165) is 19.3 Å². The Balaban J connectivity index is 3.86. The Morgan fingerprint density at radius 3 is 2.46 bits per heavy atom. The summed E-state index contributed by atoms with van der Waals surface area (Å²) in [5, 5.41) is 0. The molecule has 0 aliphatic heterocycles. The van der Waals surface area contributed by atoms with Gasteiger partial charge in [-0.1, -0.05) is 45.1 Å². The highest BCUT2D eigenvalue weighted by Gasteiger charge is 1.99. The molecule has 0 heterocycles.